The number of aryl methyl sites for hydroxylation is 4. The first kappa shape index (κ1) is 26.8. The molecule has 194 valence electrons. The number of unbranched alkanes of at least 4 members (excludes halogenated alkanes) is 4. The summed E-state index contributed by atoms with van der Waals surface area (Å²) in [7, 11) is 0. The summed E-state index contributed by atoms with van der Waals surface area (Å²) in [5, 5.41) is 1.46. The molecule has 4 heteroatoms. The van der Waals surface area contributed by atoms with Gasteiger partial charge in [-0.1, -0.05) is 81.1 Å². The molecule has 0 spiro atoms. The van der Waals surface area contributed by atoms with Gasteiger partial charge in [0.25, 0.3) is 0 Å². The van der Waals surface area contributed by atoms with Gasteiger partial charge in [0.05, 0.1) is 6.61 Å². The van der Waals surface area contributed by atoms with Crippen LogP contribution in [-0.4, -0.2) is 6.61 Å². The summed E-state index contributed by atoms with van der Waals surface area (Å²) >= 11 is 0. The molecule has 0 radical (unpaired) electrons. The van der Waals surface area contributed by atoms with Gasteiger partial charge in [-0.3, -0.25) is 0 Å². The van der Waals surface area contributed by atoms with Crippen LogP contribution < -0.4 is 4.74 Å². The second kappa shape index (κ2) is 13.3. The predicted molar refractivity (Wildman–Crippen MR) is 146 cm³/mol. The van der Waals surface area contributed by atoms with Crippen molar-refractivity contribution >= 4 is 10.8 Å². The van der Waals surface area contributed by atoms with Gasteiger partial charge in [0.1, 0.15) is 11.6 Å². The summed E-state index contributed by atoms with van der Waals surface area (Å²) in [4.78, 5) is 0. The van der Waals surface area contributed by atoms with Crippen molar-refractivity contribution in [1.29, 1.82) is 0 Å². The zero-order valence-electron chi connectivity index (χ0n) is 21.5. The van der Waals surface area contributed by atoms with E-state index in [0.29, 0.717) is 29.4 Å². The van der Waals surface area contributed by atoms with E-state index in [1.807, 2.05) is 36.4 Å². The van der Waals surface area contributed by atoms with E-state index in [1.54, 1.807) is 12.1 Å². The third-order valence-corrected chi connectivity index (χ3v) is 6.91. The molecule has 0 bridgehead atoms. The molecule has 0 heterocycles. The monoisotopic (exact) mass is 504 g/mol. The molecule has 4 aromatic carbocycles. The fourth-order valence-electron chi connectivity index (χ4n) is 4.65. The van der Waals surface area contributed by atoms with Crippen molar-refractivity contribution in [3.63, 3.8) is 0 Å². The van der Waals surface area contributed by atoms with Gasteiger partial charge in [0.15, 0.2) is 11.6 Å². The Balaban J connectivity index is 1.30. The smallest absolute Gasteiger partial charge is 0.159 e. The van der Waals surface area contributed by atoms with E-state index < -0.39 is 11.6 Å². The highest BCUT2D eigenvalue weighted by atomic mass is 19.2. The highest BCUT2D eigenvalue weighted by Crippen LogP contribution is 2.25. The maximum atomic E-state index is 15.2. The number of halogens is 3. The number of hydrogen-bond donors (Lipinski definition) is 0. The van der Waals surface area contributed by atoms with Gasteiger partial charge in [-0.2, -0.15) is 0 Å². The Labute approximate surface area is 218 Å². The first-order valence-electron chi connectivity index (χ1n) is 13.4. The van der Waals surface area contributed by atoms with Crippen LogP contribution in [0.25, 0.3) is 10.8 Å². The standard InChI is InChI=1S/C33H35F3O/c1-2-3-4-5-6-21-37-29-17-10-24(11-18-29)7-8-25-12-19-30-28(22-25)16-15-27(33(30)36)14-9-26-13-20-31(34)32(35)23-26/h10-13,15-20,22-23H,2-9,14,21H2,1H3. The molecule has 0 N–H and O–H groups in total. The van der Waals surface area contributed by atoms with Crippen LogP contribution in [0.2, 0.25) is 0 Å². The maximum absolute atomic E-state index is 15.2. The van der Waals surface area contributed by atoms with Crippen molar-refractivity contribution in [2.24, 2.45) is 0 Å². The minimum Gasteiger partial charge on any atom is -0.494 e. The highest BCUT2D eigenvalue weighted by Gasteiger charge is 2.10. The third kappa shape index (κ3) is 7.61. The van der Waals surface area contributed by atoms with Gasteiger partial charge in [0.2, 0.25) is 0 Å². The first-order valence-corrected chi connectivity index (χ1v) is 13.4. The molecule has 0 aliphatic carbocycles. The third-order valence-electron chi connectivity index (χ3n) is 6.91. The molecule has 0 saturated heterocycles. The van der Waals surface area contributed by atoms with Crippen molar-refractivity contribution in [2.75, 3.05) is 6.61 Å². The minimum absolute atomic E-state index is 0.243. The first-order chi connectivity index (χ1) is 18.0. The van der Waals surface area contributed by atoms with Gasteiger partial charge < -0.3 is 4.74 Å². The van der Waals surface area contributed by atoms with Crippen molar-refractivity contribution < 1.29 is 17.9 Å². The summed E-state index contributed by atoms with van der Waals surface area (Å²) < 4.78 is 47.6. The number of benzene rings is 4. The van der Waals surface area contributed by atoms with Gasteiger partial charge in [0, 0.05) is 5.39 Å². The van der Waals surface area contributed by atoms with E-state index in [0.717, 1.165) is 48.6 Å². The molecular formula is C33H35F3O. The molecule has 0 fully saturated rings. The maximum Gasteiger partial charge on any atom is 0.159 e. The lowest BCUT2D eigenvalue weighted by atomic mass is 9.97. The molecule has 0 unspecified atom stereocenters. The average molecular weight is 505 g/mol. The fraction of sp³-hybridized carbons (Fsp3) is 0.333. The molecule has 0 atom stereocenters. The van der Waals surface area contributed by atoms with Crippen LogP contribution in [0.5, 0.6) is 5.75 Å². The van der Waals surface area contributed by atoms with E-state index in [2.05, 4.69) is 19.1 Å². The zero-order chi connectivity index (χ0) is 26.0. The molecule has 1 nitrogen and oxygen atoms in total. The number of ether oxygens (including phenoxy) is 1. The van der Waals surface area contributed by atoms with Crippen molar-refractivity contribution in [3.8, 4) is 5.75 Å². The molecule has 0 aliphatic rings. The number of fused-ring (bicyclic) bond motifs is 1. The number of rotatable bonds is 13. The lowest BCUT2D eigenvalue weighted by Crippen LogP contribution is -1.98. The van der Waals surface area contributed by atoms with E-state index in [9.17, 15) is 8.78 Å². The minimum atomic E-state index is -0.874. The van der Waals surface area contributed by atoms with E-state index >= 15 is 4.39 Å². The van der Waals surface area contributed by atoms with Gasteiger partial charge in [-0.05, 0) is 84.0 Å². The summed E-state index contributed by atoms with van der Waals surface area (Å²) in [6.07, 6.45) is 8.78. The summed E-state index contributed by atoms with van der Waals surface area (Å²) in [5.74, 6) is -1.07. The molecular weight excluding hydrogens is 469 g/mol. The molecule has 0 saturated carbocycles. The molecule has 37 heavy (non-hydrogen) atoms. The van der Waals surface area contributed by atoms with Crippen LogP contribution in [0.3, 0.4) is 0 Å². The van der Waals surface area contributed by atoms with E-state index in [1.165, 1.54) is 37.3 Å². The molecule has 0 aromatic heterocycles. The average Bonchev–Trinajstić information content (AvgIpc) is 2.91. The quantitative estimate of drug-likeness (QED) is 0.165. The zero-order valence-corrected chi connectivity index (χ0v) is 21.5. The molecule has 4 aromatic rings. The normalized spacial score (nSPS) is 11.2. The Kier molecular flexibility index (Phi) is 9.65. The molecule has 0 aliphatic heterocycles. The fourth-order valence-corrected chi connectivity index (χ4v) is 4.65. The van der Waals surface area contributed by atoms with Crippen LogP contribution in [0.15, 0.2) is 72.8 Å². The lowest BCUT2D eigenvalue weighted by Gasteiger charge is -2.10. The largest absolute Gasteiger partial charge is 0.494 e. The van der Waals surface area contributed by atoms with Gasteiger partial charge >= 0.3 is 0 Å². The Hall–Kier alpha value is -3.27. The topological polar surface area (TPSA) is 9.23 Å². The Bertz CT molecular complexity index is 1300. The van der Waals surface area contributed by atoms with Crippen LogP contribution in [0, 0.1) is 17.5 Å². The van der Waals surface area contributed by atoms with Gasteiger partial charge in [-0.25, -0.2) is 13.2 Å². The summed E-state index contributed by atoms with van der Waals surface area (Å²) in [6.45, 7) is 2.99. The van der Waals surface area contributed by atoms with Crippen LogP contribution in [0.4, 0.5) is 13.2 Å². The predicted octanol–water partition coefficient (Wildman–Crippen LogP) is 9.18. The molecule has 0 amide bonds. The van der Waals surface area contributed by atoms with E-state index in [4.69, 9.17) is 4.74 Å². The highest BCUT2D eigenvalue weighted by molar-refractivity contribution is 5.84. The van der Waals surface area contributed by atoms with E-state index in [-0.39, 0.29) is 5.82 Å². The summed E-state index contributed by atoms with van der Waals surface area (Å²) in [5.41, 5.74) is 3.63. The Morgan fingerprint density at radius 1 is 0.595 bits per heavy atom. The van der Waals surface area contributed by atoms with Gasteiger partial charge in [-0.15, -0.1) is 0 Å². The Morgan fingerprint density at radius 3 is 2.05 bits per heavy atom. The molecule has 4 rings (SSSR count). The Morgan fingerprint density at radius 2 is 1.27 bits per heavy atom. The van der Waals surface area contributed by atoms with Crippen LogP contribution >= 0.6 is 0 Å². The van der Waals surface area contributed by atoms with Crippen molar-refractivity contribution in [1.82, 2.24) is 0 Å². The van der Waals surface area contributed by atoms with Crippen molar-refractivity contribution in [2.45, 2.75) is 64.7 Å². The lowest BCUT2D eigenvalue weighted by molar-refractivity contribution is 0.304. The van der Waals surface area contributed by atoms with Crippen LogP contribution in [-0.2, 0) is 25.7 Å². The number of hydrogen-bond acceptors (Lipinski definition) is 1. The van der Waals surface area contributed by atoms with Crippen LogP contribution in [0.1, 0.15) is 61.3 Å². The second-order valence-corrected chi connectivity index (χ2v) is 9.75. The SMILES string of the molecule is CCCCCCCOc1ccc(CCc2ccc3c(F)c(CCc4ccc(F)c(F)c4)ccc3c2)cc1. The second-order valence-electron chi connectivity index (χ2n) is 9.75. The van der Waals surface area contributed by atoms with Crippen molar-refractivity contribution in [3.05, 3.63) is 113 Å². The summed E-state index contributed by atoms with van der Waals surface area (Å²) in [6, 6.07) is 21.8.